The van der Waals surface area contributed by atoms with Crippen molar-refractivity contribution in [2.24, 2.45) is 5.92 Å². The highest BCUT2D eigenvalue weighted by atomic mass is 32.2. The smallest absolute Gasteiger partial charge is 0.241 e. The van der Waals surface area contributed by atoms with Crippen LogP contribution in [0.4, 0.5) is 5.82 Å². The predicted molar refractivity (Wildman–Crippen MR) is 116 cm³/mol. The number of rotatable bonds is 7. The number of carbonyl (C=O) groups is 2. The fourth-order valence-electron chi connectivity index (χ4n) is 4.09. The van der Waals surface area contributed by atoms with Gasteiger partial charge in [-0.05, 0) is 24.8 Å². The third kappa shape index (κ3) is 5.01. The quantitative estimate of drug-likeness (QED) is 0.730. The lowest BCUT2D eigenvalue weighted by molar-refractivity contribution is -0.122. The molecule has 0 atom stereocenters. The molecule has 0 radical (unpaired) electrons. The van der Waals surface area contributed by atoms with E-state index in [0.29, 0.717) is 6.54 Å². The van der Waals surface area contributed by atoms with Crippen molar-refractivity contribution in [3.05, 3.63) is 47.2 Å². The van der Waals surface area contributed by atoms with Crippen molar-refractivity contribution in [1.29, 1.82) is 0 Å². The van der Waals surface area contributed by atoms with Crippen molar-refractivity contribution >= 4 is 29.4 Å². The summed E-state index contributed by atoms with van der Waals surface area (Å²) in [6.45, 7) is 0.718. The molecular formula is C22H28N4O2S. The summed E-state index contributed by atoms with van der Waals surface area (Å²) in [6.07, 6.45) is 6.17. The van der Waals surface area contributed by atoms with E-state index in [2.05, 4.69) is 27.9 Å². The molecule has 2 heterocycles. The van der Waals surface area contributed by atoms with Crippen molar-refractivity contribution in [1.82, 2.24) is 15.1 Å². The van der Waals surface area contributed by atoms with Crippen molar-refractivity contribution in [3.8, 4) is 0 Å². The van der Waals surface area contributed by atoms with E-state index in [-0.39, 0.29) is 24.3 Å². The van der Waals surface area contributed by atoms with Crippen LogP contribution in [0.2, 0.25) is 0 Å². The minimum absolute atomic E-state index is 0.0787. The van der Waals surface area contributed by atoms with Crippen molar-refractivity contribution in [2.45, 2.75) is 56.6 Å². The predicted octanol–water partition coefficient (Wildman–Crippen LogP) is 3.51. The molecule has 2 aliphatic rings. The normalized spacial score (nSPS) is 16.4. The van der Waals surface area contributed by atoms with E-state index in [1.807, 2.05) is 18.2 Å². The Labute approximate surface area is 175 Å². The topological polar surface area (TPSA) is 76.0 Å². The van der Waals surface area contributed by atoms with Gasteiger partial charge in [-0.25, -0.2) is 4.68 Å². The third-order valence-electron chi connectivity index (χ3n) is 5.71. The third-order valence-corrected chi connectivity index (χ3v) is 6.68. The lowest BCUT2D eigenvalue weighted by Crippen LogP contribution is -2.31. The van der Waals surface area contributed by atoms with Gasteiger partial charge in [0, 0.05) is 29.5 Å². The van der Waals surface area contributed by atoms with Gasteiger partial charge in [-0.3, -0.25) is 9.59 Å². The molecule has 1 fully saturated rings. The van der Waals surface area contributed by atoms with E-state index in [0.717, 1.165) is 60.7 Å². The molecule has 1 aliphatic heterocycles. The number of hydrogen-bond donors (Lipinski definition) is 2. The van der Waals surface area contributed by atoms with Crippen LogP contribution in [0.15, 0.2) is 30.3 Å². The number of fused-ring (bicyclic) bond motifs is 1. The fourth-order valence-corrected chi connectivity index (χ4v) is 5.12. The summed E-state index contributed by atoms with van der Waals surface area (Å²) in [7, 11) is 0. The Hall–Kier alpha value is -2.28. The Kier molecular flexibility index (Phi) is 6.54. The first-order chi connectivity index (χ1) is 14.2. The van der Waals surface area contributed by atoms with Crippen LogP contribution in [0.25, 0.3) is 0 Å². The van der Waals surface area contributed by atoms with Gasteiger partial charge in [0.25, 0.3) is 0 Å². The molecular weight excluding hydrogens is 384 g/mol. The first kappa shape index (κ1) is 20.0. The van der Waals surface area contributed by atoms with Gasteiger partial charge in [0.2, 0.25) is 11.8 Å². The van der Waals surface area contributed by atoms with Crippen LogP contribution in [-0.2, 0) is 34.1 Å². The Morgan fingerprint density at radius 1 is 1.10 bits per heavy atom. The Morgan fingerprint density at radius 3 is 2.69 bits per heavy atom. The molecule has 154 valence electrons. The molecule has 1 aliphatic carbocycles. The summed E-state index contributed by atoms with van der Waals surface area (Å²) < 4.78 is 1.68. The zero-order valence-electron chi connectivity index (χ0n) is 16.7. The Bertz CT molecular complexity index is 859. The van der Waals surface area contributed by atoms with Crippen LogP contribution in [-0.4, -0.2) is 28.1 Å². The van der Waals surface area contributed by atoms with Gasteiger partial charge in [-0.2, -0.15) is 16.9 Å². The number of amides is 2. The Morgan fingerprint density at radius 2 is 1.90 bits per heavy atom. The van der Waals surface area contributed by atoms with Gasteiger partial charge in [0.1, 0.15) is 12.4 Å². The maximum Gasteiger partial charge on any atom is 0.241 e. The fraction of sp³-hybridized carbons (Fsp3) is 0.500. The number of benzene rings is 1. The minimum atomic E-state index is -0.0806. The van der Waals surface area contributed by atoms with E-state index in [9.17, 15) is 9.59 Å². The van der Waals surface area contributed by atoms with Crippen molar-refractivity contribution < 1.29 is 9.59 Å². The van der Waals surface area contributed by atoms with Gasteiger partial charge < -0.3 is 10.6 Å². The van der Waals surface area contributed by atoms with Crippen LogP contribution in [0.3, 0.4) is 0 Å². The lowest BCUT2D eigenvalue weighted by Gasteiger charge is -2.21. The molecule has 0 saturated heterocycles. The Balaban J connectivity index is 1.38. The number of thioether (sulfide) groups is 1. The zero-order valence-corrected chi connectivity index (χ0v) is 17.5. The molecule has 0 spiro atoms. The number of nitrogens with one attached hydrogen (secondary N) is 2. The van der Waals surface area contributed by atoms with E-state index >= 15 is 0 Å². The molecule has 0 unspecified atom stereocenters. The lowest BCUT2D eigenvalue weighted by atomic mass is 9.88. The van der Waals surface area contributed by atoms with E-state index in [4.69, 9.17) is 0 Å². The average Bonchev–Trinajstić information content (AvgIpc) is 3.32. The van der Waals surface area contributed by atoms with Gasteiger partial charge in [0.05, 0.1) is 5.69 Å². The number of carbonyl (C=O) groups excluding carboxylic acids is 2. The second-order valence-electron chi connectivity index (χ2n) is 7.83. The highest BCUT2D eigenvalue weighted by Crippen LogP contribution is 2.35. The highest BCUT2D eigenvalue weighted by molar-refractivity contribution is 7.98. The van der Waals surface area contributed by atoms with Crippen molar-refractivity contribution in [2.75, 3.05) is 11.9 Å². The summed E-state index contributed by atoms with van der Waals surface area (Å²) >= 11 is 1.80. The zero-order chi connectivity index (χ0) is 20.1. The number of anilines is 1. The maximum atomic E-state index is 12.8. The second-order valence-corrected chi connectivity index (χ2v) is 8.82. The van der Waals surface area contributed by atoms with Gasteiger partial charge >= 0.3 is 0 Å². The number of nitrogens with zero attached hydrogens (tertiary/aromatic N) is 2. The second kappa shape index (κ2) is 9.48. The van der Waals surface area contributed by atoms with Crippen LogP contribution >= 0.6 is 11.8 Å². The first-order valence-corrected chi connectivity index (χ1v) is 11.6. The average molecular weight is 413 g/mol. The molecule has 1 aromatic heterocycles. The van der Waals surface area contributed by atoms with Crippen molar-refractivity contribution in [3.63, 3.8) is 0 Å². The largest absolute Gasteiger partial charge is 0.354 e. The monoisotopic (exact) mass is 412 g/mol. The SMILES string of the molecule is O=C(Cn1nc2c(c1NC(=O)C1CCCCC1)CSC2)NCCc1ccccc1. The molecule has 4 rings (SSSR count). The summed E-state index contributed by atoms with van der Waals surface area (Å²) in [5, 5.41) is 10.7. The maximum absolute atomic E-state index is 12.8. The van der Waals surface area contributed by atoms with Gasteiger partial charge in [0.15, 0.2) is 0 Å². The molecule has 2 N–H and O–H groups in total. The molecule has 1 saturated carbocycles. The van der Waals surface area contributed by atoms with E-state index in [1.165, 1.54) is 12.0 Å². The molecule has 7 heteroatoms. The van der Waals surface area contributed by atoms with E-state index < -0.39 is 0 Å². The summed E-state index contributed by atoms with van der Waals surface area (Å²) in [5.41, 5.74) is 3.27. The van der Waals surface area contributed by atoms with Crippen LogP contribution < -0.4 is 10.6 Å². The molecule has 6 nitrogen and oxygen atoms in total. The summed E-state index contributed by atoms with van der Waals surface area (Å²) in [6, 6.07) is 10.1. The van der Waals surface area contributed by atoms with Crippen LogP contribution in [0, 0.1) is 5.92 Å². The standard InChI is InChI=1S/C22H28N4O2S/c27-20(23-12-11-16-7-3-1-4-8-16)13-26-21(18-14-29-15-19(18)25-26)24-22(28)17-9-5-2-6-10-17/h1,3-4,7-8,17H,2,5-6,9-15H2,(H,23,27)(H,24,28). The summed E-state index contributed by atoms with van der Waals surface area (Å²) in [5.74, 6) is 2.48. The number of hydrogen-bond acceptors (Lipinski definition) is 4. The van der Waals surface area contributed by atoms with E-state index in [1.54, 1.807) is 16.4 Å². The van der Waals surface area contributed by atoms with Crippen LogP contribution in [0.1, 0.15) is 48.9 Å². The minimum Gasteiger partial charge on any atom is -0.354 e. The molecule has 2 aromatic rings. The molecule has 2 amide bonds. The van der Waals surface area contributed by atoms with Gasteiger partial charge in [-0.15, -0.1) is 0 Å². The number of aromatic nitrogens is 2. The molecule has 0 bridgehead atoms. The highest BCUT2D eigenvalue weighted by Gasteiger charge is 2.27. The molecule has 1 aromatic carbocycles. The molecule has 29 heavy (non-hydrogen) atoms. The van der Waals surface area contributed by atoms with Gasteiger partial charge in [-0.1, -0.05) is 49.6 Å². The first-order valence-electron chi connectivity index (χ1n) is 10.5. The van der Waals surface area contributed by atoms with Crippen LogP contribution in [0.5, 0.6) is 0 Å². The summed E-state index contributed by atoms with van der Waals surface area (Å²) in [4.78, 5) is 25.3.